The predicted molar refractivity (Wildman–Crippen MR) is 86.8 cm³/mol. The van der Waals surface area contributed by atoms with Crippen molar-refractivity contribution in [3.63, 3.8) is 0 Å². The molecule has 0 aliphatic carbocycles. The van der Waals surface area contributed by atoms with Gasteiger partial charge >= 0.3 is 0 Å². The Morgan fingerprint density at radius 3 is 2.71 bits per heavy atom. The molecule has 4 rings (SSSR count). The molecule has 2 N–H and O–H groups in total. The Morgan fingerprint density at radius 2 is 1.81 bits per heavy atom. The number of hydrogen-bond acceptors (Lipinski definition) is 3. The zero-order valence-corrected chi connectivity index (χ0v) is 11.8. The van der Waals surface area contributed by atoms with E-state index in [0.717, 1.165) is 24.2 Å². The first kappa shape index (κ1) is 12.4. The number of pyridine rings is 1. The monoisotopic (exact) mass is 275 g/mol. The van der Waals surface area contributed by atoms with Crippen molar-refractivity contribution in [2.75, 3.05) is 11.4 Å². The molecule has 0 fully saturated rings. The Bertz CT molecular complexity index is 810. The molecule has 0 bridgehead atoms. The fourth-order valence-corrected chi connectivity index (χ4v) is 3.13. The number of aromatic nitrogens is 1. The van der Waals surface area contributed by atoms with Gasteiger partial charge in [0.1, 0.15) is 0 Å². The van der Waals surface area contributed by atoms with Crippen LogP contribution < -0.4 is 10.6 Å². The van der Waals surface area contributed by atoms with Crippen LogP contribution in [0.3, 0.4) is 0 Å². The number of para-hydroxylation sites is 2. The molecule has 0 amide bonds. The Kier molecular flexibility index (Phi) is 2.86. The summed E-state index contributed by atoms with van der Waals surface area (Å²) in [6.07, 6.45) is 1.09. The molecule has 1 aliphatic rings. The number of fused-ring (bicyclic) bond motifs is 2. The number of hydrogen-bond donors (Lipinski definition) is 1. The van der Waals surface area contributed by atoms with Crippen LogP contribution in [0, 0.1) is 0 Å². The molecule has 104 valence electrons. The van der Waals surface area contributed by atoms with Gasteiger partial charge in [0, 0.05) is 24.2 Å². The van der Waals surface area contributed by atoms with Crippen molar-refractivity contribution in [2.45, 2.75) is 13.0 Å². The molecule has 0 atom stereocenters. The highest BCUT2D eigenvalue weighted by Crippen LogP contribution is 2.37. The average molecular weight is 275 g/mol. The highest BCUT2D eigenvalue weighted by molar-refractivity contribution is 5.94. The summed E-state index contributed by atoms with van der Waals surface area (Å²) >= 11 is 0. The molecule has 2 heterocycles. The van der Waals surface area contributed by atoms with Crippen LogP contribution in [-0.4, -0.2) is 11.5 Å². The van der Waals surface area contributed by atoms with Crippen molar-refractivity contribution in [3.05, 3.63) is 65.9 Å². The molecule has 0 saturated heterocycles. The molecule has 2 aromatic carbocycles. The minimum Gasteiger partial charge on any atom is -0.340 e. The fraction of sp³-hybridized carbons (Fsp3) is 0.167. The van der Waals surface area contributed by atoms with Crippen molar-refractivity contribution < 1.29 is 0 Å². The SMILES string of the molecule is NCc1cc(N2CCc3ccccc32)c2ccccc2n1. The molecule has 3 nitrogen and oxygen atoms in total. The fourth-order valence-electron chi connectivity index (χ4n) is 3.13. The predicted octanol–water partition coefficient (Wildman–Crippen LogP) is 3.39. The summed E-state index contributed by atoms with van der Waals surface area (Å²) < 4.78 is 0. The second-order valence-electron chi connectivity index (χ2n) is 5.38. The number of nitrogens with zero attached hydrogens (tertiary/aromatic N) is 2. The van der Waals surface area contributed by atoms with Gasteiger partial charge in [0.15, 0.2) is 0 Å². The van der Waals surface area contributed by atoms with Gasteiger partial charge in [-0.25, -0.2) is 0 Å². The maximum absolute atomic E-state index is 5.82. The lowest BCUT2D eigenvalue weighted by Gasteiger charge is -2.22. The van der Waals surface area contributed by atoms with E-state index in [9.17, 15) is 0 Å². The Morgan fingerprint density at radius 1 is 1.00 bits per heavy atom. The molecule has 1 aromatic heterocycles. The van der Waals surface area contributed by atoms with Gasteiger partial charge in [-0.2, -0.15) is 0 Å². The van der Waals surface area contributed by atoms with Crippen LogP contribution in [0.5, 0.6) is 0 Å². The second-order valence-corrected chi connectivity index (χ2v) is 5.38. The molecule has 1 aliphatic heterocycles. The van der Waals surface area contributed by atoms with E-state index in [1.165, 1.54) is 22.3 Å². The maximum Gasteiger partial charge on any atom is 0.0726 e. The third kappa shape index (κ3) is 1.98. The average Bonchev–Trinajstić information content (AvgIpc) is 2.97. The summed E-state index contributed by atoms with van der Waals surface area (Å²) in [7, 11) is 0. The molecule has 3 heteroatoms. The Labute approximate surface area is 124 Å². The van der Waals surface area contributed by atoms with E-state index in [2.05, 4.69) is 58.4 Å². The molecular weight excluding hydrogens is 258 g/mol. The van der Waals surface area contributed by atoms with E-state index in [-0.39, 0.29) is 0 Å². The van der Waals surface area contributed by atoms with E-state index in [0.29, 0.717) is 6.54 Å². The lowest BCUT2D eigenvalue weighted by atomic mass is 10.1. The number of anilines is 2. The zero-order chi connectivity index (χ0) is 14.2. The van der Waals surface area contributed by atoms with Crippen molar-refractivity contribution in [3.8, 4) is 0 Å². The second kappa shape index (κ2) is 4.86. The minimum atomic E-state index is 0.466. The van der Waals surface area contributed by atoms with Gasteiger partial charge in [-0.1, -0.05) is 36.4 Å². The summed E-state index contributed by atoms with van der Waals surface area (Å²) in [5.74, 6) is 0. The maximum atomic E-state index is 5.82. The van der Waals surface area contributed by atoms with E-state index in [1.54, 1.807) is 0 Å². The quantitative estimate of drug-likeness (QED) is 0.779. The van der Waals surface area contributed by atoms with Gasteiger partial charge in [0.05, 0.1) is 16.9 Å². The van der Waals surface area contributed by atoms with Crippen LogP contribution in [0.1, 0.15) is 11.3 Å². The highest BCUT2D eigenvalue weighted by atomic mass is 15.2. The molecule has 3 aromatic rings. The van der Waals surface area contributed by atoms with Crippen molar-refractivity contribution in [1.29, 1.82) is 0 Å². The van der Waals surface area contributed by atoms with Gasteiger partial charge in [0.25, 0.3) is 0 Å². The first-order valence-corrected chi connectivity index (χ1v) is 7.31. The highest BCUT2D eigenvalue weighted by Gasteiger charge is 2.21. The molecule has 0 spiro atoms. The van der Waals surface area contributed by atoms with Crippen molar-refractivity contribution in [2.24, 2.45) is 5.73 Å². The van der Waals surface area contributed by atoms with Crippen LogP contribution in [0.4, 0.5) is 11.4 Å². The number of benzene rings is 2. The molecule has 21 heavy (non-hydrogen) atoms. The molecule has 0 saturated carbocycles. The van der Waals surface area contributed by atoms with Gasteiger partial charge in [-0.15, -0.1) is 0 Å². The summed E-state index contributed by atoms with van der Waals surface area (Å²) in [6.45, 7) is 1.48. The van der Waals surface area contributed by atoms with Crippen molar-refractivity contribution in [1.82, 2.24) is 4.98 Å². The molecule has 0 radical (unpaired) electrons. The summed E-state index contributed by atoms with van der Waals surface area (Å²) in [5.41, 5.74) is 11.7. The van der Waals surface area contributed by atoms with Gasteiger partial charge in [-0.3, -0.25) is 4.98 Å². The Balaban J connectivity index is 1.95. The van der Waals surface area contributed by atoms with E-state index < -0.39 is 0 Å². The van der Waals surface area contributed by atoms with Gasteiger partial charge < -0.3 is 10.6 Å². The van der Waals surface area contributed by atoms with E-state index in [4.69, 9.17) is 5.73 Å². The van der Waals surface area contributed by atoms with E-state index >= 15 is 0 Å². The van der Waals surface area contributed by atoms with Crippen LogP contribution in [-0.2, 0) is 13.0 Å². The smallest absolute Gasteiger partial charge is 0.0726 e. The van der Waals surface area contributed by atoms with Crippen LogP contribution in [0.2, 0.25) is 0 Å². The van der Waals surface area contributed by atoms with Gasteiger partial charge in [-0.05, 0) is 30.2 Å². The normalized spacial score (nSPS) is 13.7. The topological polar surface area (TPSA) is 42.1 Å². The third-order valence-electron chi connectivity index (χ3n) is 4.13. The lowest BCUT2D eigenvalue weighted by Crippen LogP contribution is -2.15. The van der Waals surface area contributed by atoms with Crippen LogP contribution in [0.15, 0.2) is 54.6 Å². The summed E-state index contributed by atoms with van der Waals surface area (Å²) in [5, 5.41) is 1.19. The lowest BCUT2D eigenvalue weighted by molar-refractivity contribution is 0.978. The minimum absolute atomic E-state index is 0.466. The van der Waals surface area contributed by atoms with Crippen LogP contribution >= 0.6 is 0 Å². The first-order chi connectivity index (χ1) is 10.4. The summed E-state index contributed by atoms with van der Waals surface area (Å²) in [6, 6.07) is 19.0. The summed E-state index contributed by atoms with van der Waals surface area (Å²) in [4.78, 5) is 7.02. The van der Waals surface area contributed by atoms with Crippen molar-refractivity contribution >= 4 is 22.3 Å². The molecular formula is C18H17N3. The third-order valence-corrected chi connectivity index (χ3v) is 4.13. The Hall–Kier alpha value is -2.39. The van der Waals surface area contributed by atoms with E-state index in [1.807, 2.05) is 6.07 Å². The van der Waals surface area contributed by atoms with Gasteiger partial charge in [0.2, 0.25) is 0 Å². The largest absolute Gasteiger partial charge is 0.340 e. The number of nitrogens with two attached hydrogens (primary N) is 1. The standard InChI is InChI=1S/C18H17N3/c19-12-14-11-18(15-6-2-3-7-16(15)20-14)21-10-9-13-5-1-4-8-17(13)21/h1-8,11H,9-10,12,19H2. The first-order valence-electron chi connectivity index (χ1n) is 7.31. The van der Waals surface area contributed by atoms with Crippen LogP contribution in [0.25, 0.3) is 10.9 Å². The molecule has 0 unspecified atom stereocenters. The number of rotatable bonds is 2. The zero-order valence-electron chi connectivity index (χ0n) is 11.8.